The number of fused-ring (bicyclic) bond motifs is 1. The molecule has 29 heavy (non-hydrogen) atoms. The van der Waals surface area contributed by atoms with Gasteiger partial charge in [-0.2, -0.15) is 0 Å². The molecule has 0 aliphatic carbocycles. The number of ether oxygens (including phenoxy) is 1. The summed E-state index contributed by atoms with van der Waals surface area (Å²) in [4.78, 5) is 14.8. The quantitative estimate of drug-likeness (QED) is 0.831. The van der Waals surface area contributed by atoms with Gasteiger partial charge in [-0.05, 0) is 68.9 Å². The van der Waals surface area contributed by atoms with Crippen molar-refractivity contribution in [3.05, 3.63) is 52.6 Å². The van der Waals surface area contributed by atoms with Crippen molar-refractivity contribution in [2.45, 2.75) is 51.0 Å². The fourth-order valence-electron chi connectivity index (χ4n) is 4.41. The highest BCUT2D eigenvalue weighted by atomic mass is 32.2. The van der Waals surface area contributed by atoms with E-state index in [4.69, 9.17) is 4.74 Å². The van der Waals surface area contributed by atoms with E-state index in [1.54, 1.807) is 30.9 Å². The number of nitrogens with one attached hydrogen (secondary N) is 1. The maximum atomic E-state index is 13.1. The van der Waals surface area contributed by atoms with Crippen LogP contribution in [0.3, 0.4) is 0 Å². The lowest BCUT2D eigenvalue weighted by Crippen LogP contribution is -2.37. The van der Waals surface area contributed by atoms with Gasteiger partial charge in [0.1, 0.15) is 6.10 Å². The normalized spacial score (nSPS) is 18.7. The molecule has 4 rings (SSSR count). The number of hydrogen-bond acceptors (Lipinski definition) is 4. The van der Waals surface area contributed by atoms with Crippen LogP contribution in [0, 0.1) is 20.8 Å². The Balaban J connectivity index is 1.63. The van der Waals surface area contributed by atoms with Crippen molar-refractivity contribution in [3.8, 4) is 0 Å². The van der Waals surface area contributed by atoms with Gasteiger partial charge in [-0.25, -0.2) is 8.42 Å². The molecule has 1 N–H and O–H groups in total. The van der Waals surface area contributed by atoms with Gasteiger partial charge in [0.25, 0.3) is 15.9 Å². The number of carbonyl (C=O) groups excluding carboxylic acids is 1. The van der Waals surface area contributed by atoms with Crippen molar-refractivity contribution in [2.24, 2.45) is 0 Å². The van der Waals surface area contributed by atoms with Gasteiger partial charge < -0.3 is 9.64 Å². The number of amides is 1. The monoisotopic (exact) mass is 414 g/mol. The molecule has 0 radical (unpaired) electrons. The van der Waals surface area contributed by atoms with E-state index < -0.39 is 10.0 Å². The topological polar surface area (TPSA) is 75.7 Å². The van der Waals surface area contributed by atoms with Gasteiger partial charge in [-0.1, -0.05) is 23.8 Å². The van der Waals surface area contributed by atoms with Crippen molar-refractivity contribution in [3.63, 3.8) is 0 Å². The molecule has 0 saturated carbocycles. The Bertz CT molecular complexity index is 1050. The third-order valence-electron chi connectivity index (χ3n) is 5.58. The van der Waals surface area contributed by atoms with Crippen molar-refractivity contribution < 1.29 is 17.9 Å². The van der Waals surface area contributed by atoms with Gasteiger partial charge in [0, 0.05) is 18.8 Å². The van der Waals surface area contributed by atoms with E-state index in [0.29, 0.717) is 34.9 Å². The summed E-state index contributed by atoms with van der Waals surface area (Å²) in [5, 5.41) is 0. The Morgan fingerprint density at radius 2 is 1.86 bits per heavy atom. The minimum absolute atomic E-state index is 0.0357. The van der Waals surface area contributed by atoms with Crippen LogP contribution < -0.4 is 9.62 Å². The van der Waals surface area contributed by atoms with Crippen LogP contribution in [-0.4, -0.2) is 33.6 Å². The summed E-state index contributed by atoms with van der Waals surface area (Å²) < 4.78 is 34.4. The number of aryl methyl sites for hydroxylation is 3. The first kappa shape index (κ1) is 19.9. The number of carbonyl (C=O) groups is 1. The van der Waals surface area contributed by atoms with Crippen molar-refractivity contribution in [2.75, 3.05) is 22.8 Å². The van der Waals surface area contributed by atoms with Crippen LogP contribution in [0.4, 0.5) is 11.4 Å². The standard InChI is InChI=1S/C22H26N2O4S/c1-14-11-15(2)21(16(3)12-14)29(26,27)23-18-7-6-17-8-9-24(19(17)13-18)22(25)20-5-4-10-28-20/h6-7,11-13,20,23H,4-5,8-10H2,1-3H3. The molecule has 2 aromatic rings. The molecule has 2 aliphatic rings. The molecule has 2 aromatic carbocycles. The Hall–Kier alpha value is -2.38. The minimum atomic E-state index is -3.74. The summed E-state index contributed by atoms with van der Waals surface area (Å²) >= 11 is 0. The maximum Gasteiger partial charge on any atom is 0.262 e. The first-order valence-corrected chi connectivity index (χ1v) is 11.4. The summed E-state index contributed by atoms with van der Waals surface area (Å²) in [5.74, 6) is -0.0357. The van der Waals surface area contributed by atoms with Gasteiger partial charge in [0.2, 0.25) is 0 Å². The molecule has 1 saturated heterocycles. The van der Waals surface area contributed by atoms with Crippen LogP contribution >= 0.6 is 0 Å². The van der Waals surface area contributed by atoms with Gasteiger partial charge in [-0.15, -0.1) is 0 Å². The Labute approximate surface area is 171 Å². The zero-order valence-electron chi connectivity index (χ0n) is 17.0. The van der Waals surface area contributed by atoms with Crippen LogP contribution in [0.15, 0.2) is 35.2 Å². The van der Waals surface area contributed by atoms with Crippen LogP contribution in [0.25, 0.3) is 0 Å². The zero-order chi connectivity index (χ0) is 20.8. The fraction of sp³-hybridized carbons (Fsp3) is 0.409. The summed E-state index contributed by atoms with van der Waals surface area (Å²) in [5.41, 5.74) is 4.72. The van der Waals surface area contributed by atoms with E-state index in [9.17, 15) is 13.2 Å². The predicted octanol–water partition coefficient (Wildman–Crippen LogP) is 3.48. The summed E-state index contributed by atoms with van der Waals surface area (Å²) in [7, 11) is -3.74. The highest BCUT2D eigenvalue weighted by Gasteiger charge is 2.33. The molecule has 2 heterocycles. The molecule has 6 nitrogen and oxygen atoms in total. The second-order valence-corrected chi connectivity index (χ2v) is 9.54. The Kier molecular flexibility index (Phi) is 5.12. The molecule has 7 heteroatoms. The summed E-state index contributed by atoms with van der Waals surface area (Å²) in [6, 6.07) is 9.14. The average Bonchev–Trinajstić information content (AvgIpc) is 3.29. The molecule has 1 fully saturated rings. The fourth-order valence-corrected chi connectivity index (χ4v) is 5.92. The van der Waals surface area contributed by atoms with Crippen molar-refractivity contribution in [1.82, 2.24) is 0 Å². The predicted molar refractivity (Wildman–Crippen MR) is 113 cm³/mol. The van der Waals surface area contributed by atoms with E-state index in [-0.39, 0.29) is 12.0 Å². The average molecular weight is 415 g/mol. The largest absolute Gasteiger partial charge is 0.368 e. The molecule has 1 amide bonds. The molecule has 2 aliphatic heterocycles. The van der Waals surface area contributed by atoms with E-state index in [2.05, 4.69) is 4.72 Å². The van der Waals surface area contributed by atoms with Gasteiger partial charge >= 0.3 is 0 Å². The number of sulfonamides is 1. The highest BCUT2D eigenvalue weighted by Crippen LogP contribution is 2.34. The number of nitrogens with zero attached hydrogens (tertiary/aromatic N) is 1. The van der Waals surface area contributed by atoms with Crippen LogP contribution in [0.2, 0.25) is 0 Å². The summed E-state index contributed by atoms with van der Waals surface area (Å²) in [6.45, 7) is 6.77. The Morgan fingerprint density at radius 1 is 1.14 bits per heavy atom. The zero-order valence-corrected chi connectivity index (χ0v) is 17.8. The minimum Gasteiger partial charge on any atom is -0.368 e. The lowest BCUT2D eigenvalue weighted by Gasteiger charge is -2.21. The first-order valence-electron chi connectivity index (χ1n) is 9.93. The molecular weight excluding hydrogens is 388 g/mol. The lowest BCUT2D eigenvalue weighted by molar-refractivity contribution is -0.127. The third-order valence-corrected chi connectivity index (χ3v) is 7.26. The van der Waals surface area contributed by atoms with Gasteiger partial charge in [0.15, 0.2) is 0 Å². The maximum absolute atomic E-state index is 13.1. The molecule has 0 bridgehead atoms. The first-order chi connectivity index (χ1) is 13.8. The second kappa shape index (κ2) is 7.46. The lowest BCUT2D eigenvalue weighted by atomic mass is 10.1. The van der Waals surface area contributed by atoms with Crippen LogP contribution in [-0.2, 0) is 26.0 Å². The van der Waals surface area contributed by atoms with Crippen molar-refractivity contribution >= 4 is 27.3 Å². The molecule has 0 spiro atoms. The molecular formula is C22H26N2O4S. The van der Waals surface area contributed by atoms with E-state index in [0.717, 1.165) is 36.1 Å². The summed E-state index contributed by atoms with van der Waals surface area (Å²) in [6.07, 6.45) is 2.01. The van der Waals surface area contributed by atoms with Crippen molar-refractivity contribution in [1.29, 1.82) is 0 Å². The SMILES string of the molecule is Cc1cc(C)c(S(=O)(=O)Nc2ccc3c(c2)N(C(=O)C2CCCO2)CC3)c(C)c1. The van der Waals surface area contributed by atoms with Gasteiger partial charge in [0.05, 0.1) is 10.6 Å². The number of hydrogen-bond donors (Lipinski definition) is 1. The number of benzene rings is 2. The van der Waals surface area contributed by atoms with Crippen LogP contribution in [0.1, 0.15) is 35.1 Å². The van der Waals surface area contributed by atoms with Gasteiger partial charge in [-0.3, -0.25) is 9.52 Å². The van der Waals surface area contributed by atoms with Crippen LogP contribution in [0.5, 0.6) is 0 Å². The number of anilines is 2. The van der Waals surface area contributed by atoms with E-state index >= 15 is 0 Å². The van der Waals surface area contributed by atoms with E-state index in [1.165, 1.54) is 0 Å². The molecule has 0 aromatic heterocycles. The smallest absolute Gasteiger partial charge is 0.262 e. The molecule has 1 atom stereocenters. The third kappa shape index (κ3) is 3.76. The molecule has 1 unspecified atom stereocenters. The Morgan fingerprint density at radius 3 is 2.52 bits per heavy atom. The van der Waals surface area contributed by atoms with E-state index in [1.807, 2.05) is 25.1 Å². The number of rotatable bonds is 4. The molecule has 154 valence electrons. The second-order valence-electron chi connectivity index (χ2n) is 7.92. The highest BCUT2D eigenvalue weighted by molar-refractivity contribution is 7.92.